The van der Waals surface area contributed by atoms with E-state index in [1.54, 1.807) is 56.5 Å². The van der Waals surface area contributed by atoms with Crippen LogP contribution in [-0.2, 0) is 26.2 Å². The molecule has 3 rings (SSSR count). The van der Waals surface area contributed by atoms with E-state index in [0.717, 1.165) is 26.6 Å². The molecule has 0 aliphatic carbocycles. The molecular formula is C31H39N3O5S. The third-order valence-corrected chi connectivity index (χ3v) is 8.54. The zero-order valence-corrected chi connectivity index (χ0v) is 25.1. The molecule has 0 aromatic heterocycles. The molecular weight excluding hydrogens is 526 g/mol. The summed E-state index contributed by atoms with van der Waals surface area (Å²) < 4.78 is 34.4. The highest BCUT2D eigenvalue weighted by Crippen LogP contribution is 2.27. The van der Waals surface area contributed by atoms with E-state index in [4.69, 9.17) is 4.74 Å². The van der Waals surface area contributed by atoms with Crippen LogP contribution in [0, 0.1) is 20.8 Å². The first-order valence-corrected chi connectivity index (χ1v) is 14.7. The largest absolute Gasteiger partial charge is 0.497 e. The molecule has 0 radical (unpaired) electrons. The van der Waals surface area contributed by atoms with Gasteiger partial charge in [0.25, 0.3) is 10.0 Å². The van der Waals surface area contributed by atoms with Gasteiger partial charge < -0.3 is 15.0 Å². The van der Waals surface area contributed by atoms with Crippen molar-refractivity contribution in [1.82, 2.24) is 10.2 Å². The summed E-state index contributed by atoms with van der Waals surface area (Å²) in [5.41, 5.74) is 3.93. The molecule has 0 aliphatic heterocycles. The molecule has 0 fully saturated rings. The molecule has 214 valence electrons. The maximum atomic E-state index is 14.0. The first-order chi connectivity index (χ1) is 18.8. The zero-order valence-electron chi connectivity index (χ0n) is 24.3. The molecule has 40 heavy (non-hydrogen) atoms. The fourth-order valence-corrected chi connectivity index (χ4v) is 5.61. The summed E-state index contributed by atoms with van der Waals surface area (Å²) in [5, 5.41) is 2.86. The third kappa shape index (κ3) is 7.41. The maximum absolute atomic E-state index is 14.0. The zero-order chi connectivity index (χ0) is 29.6. The van der Waals surface area contributed by atoms with Crippen LogP contribution in [0.4, 0.5) is 5.69 Å². The number of nitrogens with one attached hydrogen (secondary N) is 1. The highest BCUT2D eigenvalue weighted by molar-refractivity contribution is 7.92. The molecule has 0 bridgehead atoms. The predicted molar refractivity (Wildman–Crippen MR) is 158 cm³/mol. The van der Waals surface area contributed by atoms with Crippen LogP contribution in [0.5, 0.6) is 5.75 Å². The van der Waals surface area contributed by atoms with Gasteiger partial charge in [-0.3, -0.25) is 13.9 Å². The van der Waals surface area contributed by atoms with Crippen LogP contribution < -0.4 is 14.4 Å². The number of amides is 2. The van der Waals surface area contributed by atoms with Gasteiger partial charge in [-0.05, 0) is 94.6 Å². The molecule has 3 aromatic rings. The number of anilines is 1. The average Bonchev–Trinajstić information content (AvgIpc) is 2.91. The van der Waals surface area contributed by atoms with Crippen LogP contribution in [0.2, 0.25) is 0 Å². The summed E-state index contributed by atoms with van der Waals surface area (Å²) in [6, 6.07) is 18.0. The Balaban J connectivity index is 2.06. The Morgan fingerprint density at radius 3 is 2.17 bits per heavy atom. The van der Waals surface area contributed by atoms with Crippen molar-refractivity contribution in [3.63, 3.8) is 0 Å². The lowest BCUT2D eigenvalue weighted by Crippen LogP contribution is -2.52. The number of hydrogen-bond acceptors (Lipinski definition) is 5. The molecule has 1 unspecified atom stereocenters. The van der Waals surface area contributed by atoms with Gasteiger partial charge in [0.1, 0.15) is 18.3 Å². The van der Waals surface area contributed by atoms with Crippen molar-refractivity contribution in [1.29, 1.82) is 0 Å². The molecule has 0 aliphatic rings. The van der Waals surface area contributed by atoms with E-state index in [-0.39, 0.29) is 23.4 Å². The minimum absolute atomic E-state index is 0.0778. The summed E-state index contributed by atoms with van der Waals surface area (Å²) in [6.07, 6.45) is 0. The van der Waals surface area contributed by atoms with Gasteiger partial charge in [-0.25, -0.2) is 8.42 Å². The van der Waals surface area contributed by atoms with Crippen molar-refractivity contribution in [2.75, 3.05) is 18.0 Å². The number of carbonyl (C=O) groups is 2. The Bertz CT molecular complexity index is 1450. The predicted octanol–water partition coefficient (Wildman–Crippen LogP) is 4.76. The fraction of sp³-hybridized carbons (Fsp3) is 0.355. The summed E-state index contributed by atoms with van der Waals surface area (Å²) in [5.74, 6) is -0.226. The van der Waals surface area contributed by atoms with E-state index >= 15 is 0 Å². The molecule has 3 aromatic carbocycles. The second-order valence-corrected chi connectivity index (χ2v) is 12.2. The van der Waals surface area contributed by atoms with Crippen molar-refractivity contribution >= 4 is 27.5 Å². The van der Waals surface area contributed by atoms with Crippen molar-refractivity contribution in [2.24, 2.45) is 0 Å². The van der Waals surface area contributed by atoms with E-state index < -0.39 is 28.5 Å². The lowest BCUT2D eigenvalue weighted by molar-refractivity contribution is -0.139. The topological polar surface area (TPSA) is 96.0 Å². The lowest BCUT2D eigenvalue weighted by Gasteiger charge is -2.32. The highest BCUT2D eigenvalue weighted by atomic mass is 32.2. The van der Waals surface area contributed by atoms with Gasteiger partial charge in [-0.2, -0.15) is 0 Å². The summed E-state index contributed by atoms with van der Waals surface area (Å²) in [6.45, 7) is 10.6. The molecule has 0 saturated heterocycles. The third-order valence-electron chi connectivity index (χ3n) is 6.75. The van der Waals surface area contributed by atoms with E-state index in [9.17, 15) is 18.0 Å². The summed E-state index contributed by atoms with van der Waals surface area (Å²) >= 11 is 0. The Kier molecular flexibility index (Phi) is 9.98. The first-order valence-electron chi connectivity index (χ1n) is 13.2. The fourth-order valence-electron chi connectivity index (χ4n) is 4.20. The Morgan fingerprint density at radius 2 is 1.57 bits per heavy atom. The number of methoxy groups -OCH3 is 1. The normalized spacial score (nSPS) is 12.1. The second kappa shape index (κ2) is 13.0. The second-order valence-electron chi connectivity index (χ2n) is 10.3. The molecule has 2 amide bonds. The van der Waals surface area contributed by atoms with Crippen LogP contribution in [0.15, 0.2) is 71.6 Å². The van der Waals surface area contributed by atoms with Crippen LogP contribution in [-0.4, -0.2) is 50.9 Å². The van der Waals surface area contributed by atoms with Gasteiger partial charge in [-0.15, -0.1) is 0 Å². The van der Waals surface area contributed by atoms with E-state index in [0.29, 0.717) is 11.4 Å². The number of benzene rings is 3. The van der Waals surface area contributed by atoms with Crippen LogP contribution in [0.1, 0.15) is 43.0 Å². The number of carbonyl (C=O) groups excluding carboxylic acids is 2. The molecule has 0 saturated carbocycles. The quantitative estimate of drug-likeness (QED) is 0.362. The summed E-state index contributed by atoms with van der Waals surface area (Å²) in [4.78, 5) is 28.5. The van der Waals surface area contributed by atoms with Crippen LogP contribution in [0.25, 0.3) is 0 Å². The molecule has 9 heteroatoms. The van der Waals surface area contributed by atoms with Crippen molar-refractivity contribution in [3.05, 3.63) is 89.0 Å². The number of hydrogen-bond donors (Lipinski definition) is 1. The van der Waals surface area contributed by atoms with Crippen molar-refractivity contribution < 1.29 is 22.7 Å². The molecule has 0 heterocycles. The number of aryl methyl sites for hydroxylation is 3. The average molecular weight is 566 g/mol. The van der Waals surface area contributed by atoms with E-state index in [1.165, 1.54) is 17.0 Å². The van der Waals surface area contributed by atoms with Gasteiger partial charge in [0.15, 0.2) is 0 Å². The Morgan fingerprint density at radius 1 is 0.900 bits per heavy atom. The monoisotopic (exact) mass is 565 g/mol. The number of sulfonamides is 1. The molecule has 0 spiro atoms. The highest BCUT2D eigenvalue weighted by Gasteiger charge is 2.32. The van der Waals surface area contributed by atoms with Gasteiger partial charge in [0.2, 0.25) is 11.8 Å². The molecule has 8 nitrogen and oxygen atoms in total. The van der Waals surface area contributed by atoms with E-state index in [1.807, 2.05) is 46.8 Å². The minimum Gasteiger partial charge on any atom is -0.497 e. The number of ether oxygens (including phenoxy) is 1. The smallest absolute Gasteiger partial charge is 0.264 e. The maximum Gasteiger partial charge on any atom is 0.264 e. The SMILES string of the molecule is COc1cccc(CN(C(=O)CN(c2ccc(C)c(C)c2)S(=O)(=O)c2ccc(C)cc2)C(C)C(=O)NC(C)C)c1. The van der Waals surface area contributed by atoms with Crippen molar-refractivity contribution in [3.8, 4) is 5.75 Å². The standard InChI is InChI=1S/C31H39N3O5S/c1-21(2)32-31(36)25(6)33(19-26-9-8-10-28(18-26)39-7)30(35)20-34(27-14-13-23(4)24(5)17-27)40(37,38)29-15-11-22(3)12-16-29/h8-18,21,25H,19-20H2,1-7H3,(H,32,36). The van der Waals surface area contributed by atoms with Crippen LogP contribution >= 0.6 is 0 Å². The van der Waals surface area contributed by atoms with Gasteiger partial charge in [0, 0.05) is 12.6 Å². The number of rotatable bonds is 11. The minimum atomic E-state index is -4.11. The molecule has 1 N–H and O–H groups in total. The van der Waals surface area contributed by atoms with Crippen LogP contribution in [0.3, 0.4) is 0 Å². The lowest BCUT2D eigenvalue weighted by atomic mass is 10.1. The van der Waals surface area contributed by atoms with E-state index in [2.05, 4.69) is 5.32 Å². The number of nitrogens with zero attached hydrogens (tertiary/aromatic N) is 2. The van der Waals surface area contributed by atoms with Gasteiger partial charge >= 0.3 is 0 Å². The van der Waals surface area contributed by atoms with Gasteiger partial charge in [-0.1, -0.05) is 35.9 Å². The first kappa shape index (κ1) is 30.7. The Labute approximate surface area is 238 Å². The summed E-state index contributed by atoms with van der Waals surface area (Å²) in [7, 11) is -2.56. The molecule has 1 atom stereocenters. The van der Waals surface area contributed by atoms with Gasteiger partial charge in [0.05, 0.1) is 17.7 Å². The van der Waals surface area contributed by atoms with Crippen molar-refractivity contribution in [2.45, 2.75) is 65.1 Å². The Hall–Kier alpha value is -3.85.